The van der Waals surface area contributed by atoms with Crippen LogP contribution in [0.5, 0.6) is 0 Å². The predicted molar refractivity (Wildman–Crippen MR) is 121 cm³/mol. The number of carbonyl (C=O) groups is 1. The Bertz CT molecular complexity index is 1040. The van der Waals surface area contributed by atoms with Gasteiger partial charge >= 0.3 is 5.97 Å². The first-order chi connectivity index (χ1) is 14.2. The fourth-order valence-electron chi connectivity index (χ4n) is 4.76. The van der Waals surface area contributed by atoms with Gasteiger partial charge in [-0.2, -0.15) is 0 Å². The molecule has 0 spiro atoms. The molecule has 2 aliphatic rings. The number of hydrogen-bond donors (Lipinski definition) is 1. The number of halogens is 1. The molecule has 0 radical (unpaired) electrons. The van der Waals surface area contributed by atoms with Crippen LogP contribution in [0.4, 0.5) is 11.5 Å². The van der Waals surface area contributed by atoms with Crippen LogP contribution in [0.1, 0.15) is 62.4 Å². The molecule has 0 fully saturated rings. The largest absolute Gasteiger partial charge is 0.465 e. The smallest absolute Gasteiger partial charge is 0.315 e. The second-order valence-electron chi connectivity index (χ2n) is 9.04. The maximum atomic E-state index is 13.0. The third-order valence-corrected chi connectivity index (χ3v) is 6.50. The van der Waals surface area contributed by atoms with E-state index in [0.29, 0.717) is 28.8 Å². The molecule has 0 saturated heterocycles. The number of aromatic nitrogens is 1. The van der Waals surface area contributed by atoms with Gasteiger partial charge in [0, 0.05) is 33.6 Å². The molecule has 2 aromatic rings. The number of esters is 1. The van der Waals surface area contributed by atoms with Crippen LogP contribution in [0, 0.1) is 11.3 Å². The van der Waals surface area contributed by atoms with Crippen molar-refractivity contribution in [1.29, 1.82) is 0 Å². The Kier molecular flexibility index (Phi) is 5.35. The molecule has 2 heterocycles. The number of ether oxygens (including phenoxy) is 1. The molecule has 5 nitrogen and oxygen atoms in total. The Morgan fingerprint density at radius 2 is 2.13 bits per heavy atom. The molecule has 0 bridgehead atoms. The van der Waals surface area contributed by atoms with Crippen molar-refractivity contribution in [1.82, 2.24) is 4.98 Å². The van der Waals surface area contributed by atoms with Crippen LogP contribution in [0.2, 0.25) is 5.02 Å². The Hall–Kier alpha value is -2.40. The fourth-order valence-corrected chi connectivity index (χ4v) is 4.95. The van der Waals surface area contributed by atoms with E-state index < -0.39 is 5.92 Å². The van der Waals surface area contributed by atoms with E-state index in [1.807, 2.05) is 38.1 Å². The monoisotopic (exact) mass is 425 g/mol. The highest BCUT2D eigenvalue weighted by atomic mass is 35.5. The molecule has 1 aromatic heterocycles. The van der Waals surface area contributed by atoms with Gasteiger partial charge in [-0.25, -0.2) is 9.98 Å². The second kappa shape index (κ2) is 7.69. The Balaban J connectivity index is 1.96. The van der Waals surface area contributed by atoms with Gasteiger partial charge in [-0.3, -0.25) is 4.79 Å². The van der Waals surface area contributed by atoms with Gasteiger partial charge in [-0.1, -0.05) is 37.6 Å². The molecule has 4 rings (SSSR count). The summed E-state index contributed by atoms with van der Waals surface area (Å²) in [6, 6.07) is 7.59. The number of aliphatic imine (C=N–C) groups is 1. The number of fused-ring (bicyclic) bond motifs is 2. The van der Waals surface area contributed by atoms with Crippen LogP contribution in [0.3, 0.4) is 0 Å². The zero-order valence-corrected chi connectivity index (χ0v) is 18.7. The minimum Gasteiger partial charge on any atom is -0.465 e. The Labute approximate surface area is 182 Å². The minimum absolute atomic E-state index is 0.164. The maximum absolute atomic E-state index is 13.0. The van der Waals surface area contributed by atoms with Crippen LogP contribution in [-0.4, -0.2) is 23.3 Å². The normalized spacial score (nSPS) is 22.0. The van der Waals surface area contributed by atoms with Gasteiger partial charge in [0.2, 0.25) is 0 Å². The maximum Gasteiger partial charge on any atom is 0.315 e. The van der Waals surface area contributed by atoms with Crippen molar-refractivity contribution in [2.24, 2.45) is 16.3 Å². The number of nitrogen functional groups attached to an aromatic ring is 1. The van der Waals surface area contributed by atoms with Crippen molar-refractivity contribution in [3.63, 3.8) is 0 Å². The number of pyridine rings is 1. The van der Waals surface area contributed by atoms with Crippen LogP contribution in [-0.2, 0) is 22.4 Å². The van der Waals surface area contributed by atoms with Crippen LogP contribution in [0.25, 0.3) is 0 Å². The van der Waals surface area contributed by atoms with Gasteiger partial charge in [0.1, 0.15) is 5.92 Å². The van der Waals surface area contributed by atoms with Gasteiger partial charge in [0.05, 0.1) is 6.61 Å². The lowest BCUT2D eigenvalue weighted by Crippen LogP contribution is -2.35. The lowest BCUT2D eigenvalue weighted by atomic mass is 9.72. The average molecular weight is 426 g/mol. The van der Waals surface area contributed by atoms with Crippen molar-refractivity contribution in [3.8, 4) is 0 Å². The minimum atomic E-state index is -0.560. The van der Waals surface area contributed by atoms with E-state index in [1.54, 1.807) is 0 Å². The summed E-state index contributed by atoms with van der Waals surface area (Å²) in [4.78, 5) is 22.6. The van der Waals surface area contributed by atoms with E-state index in [2.05, 4.69) is 13.8 Å². The van der Waals surface area contributed by atoms with E-state index in [-0.39, 0.29) is 17.3 Å². The summed E-state index contributed by atoms with van der Waals surface area (Å²) in [5.41, 5.74) is 12.2. The molecule has 158 valence electrons. The van der Waals surface area contributed by atoms with Crippen LogP contribution in [0.15, 0.2) is 29.3 Å². The topological polar surface area (TPSA) is 77.6 Å². The van der Waals surface area contributed by atoms with Crippen molar-refractivity contribution >= 4 is 34.8 Å². The summed E-state index contributed by atoms with van der Waals surface area (Å²) in [6.45, 7) is 8.50. The molecule has 2 atom stereocenters. The predicted octanol–water partition coefficient (Wildman–Crippen LogP) is 5.25. The SMILES string of the molecule is CCOC(=O)C1C(C)=Nc2nc3c(c(N)c2C1c1cccc(Cl)c1)CC(C)(C)CC3. The van der Waals surface area contributed by atoms with Crippen LogP contribution < -0.4 is 5.73 Å². The van der Waals surface area contributed by atoms with Crippen molar-refractivity contribution in [2.45, 2.75) is 52.9 Å². The third kappa shape index (κ3) is 3.60. The van der Waals surface area contributed by atoms with E-state index in [4.69, 9.17) is 32.0 Å². The fraction of sp³-hybridized carbons (Fsp3) is 0.458. The summed E-state index contributed by atoms with van der Waals surface area (Å²) in [5.74, 6) is -0.575. The van der Waals surface area contributed by atoms with Gasteiger partial charge in [-0.15, -0.1) is 0 Å². The van der Waals surface area contributed by atoms with Gasteiger partial charge in [0.15, 0.2) is 5.82 Å². The molecule has 2 unspecified atom stereocenters. The summed E-state index contributed by atoms with van der Waals surface area (Å²) in [5, 5.41) is 0.613. The molecular weight excluding hydrogens is 398 g/mol. The molecule has 6 heteroatoms. The first kappa shape index (κ1) is 20.9. The molecule has 30 heavy (non-hydrogen) atoms. The Morgan fingerprint density at radius 1 is 1.37 bits per heavy atom. The average Bonchev–Trinajstić information content (AvgIpc) is 2.67. The zero-order chi connectivity index (χ0) is 21.6. The number of anilines is 1. The summed E-state index contributed by atoms with van der Waals surface area (Å²) in [6.07, 6.45) is 2.82. The molecule has 0 saturated carbocycles. The number of rotatable bonds is 3. The quantitative estimate of drug-likeness (QED) is 0.681. The summed E-state index contributed by atoms with van der Waals surface area (Å²) in [7, 11) is 0. The number of aryl methyl sites for hydroxylation is 1. The van der Waals surface area contributed by atoms with Gasteiger partial charge in [-0.05, 0) is 61.8 Å². The molecule has 1 aliphatic carbocycles. The third-order valence-electron chi connectivity index (χ3n) is 6.26. The highest BCUT2D eigenvalue weighted by molar-refractivity contribution is 6.30. The Morgan fingerprint density at radius 3 is 2.83 bits per heavy atom. The van der Waals surface area contributed by atoms with Crippen molar-refractivity contribution in [2.75, 3.05) is 12.3 Å². The summed E-state index contributed by atoms with van der Waals surface area (Å²) < 4.78 is 5.42. The lowest BCUT2D eigenvalue weighted by Gasteiger charge is -2.36. The number of carbonyl (C=O) groups excluding carboxylic acids is 1. The van der Waals surface area contributed by atoms with E-state index >= 15 is 0 Å². The van der Waals surface area contributed by atoms with Crippen molar-refractivity contribution in [3.05, 3.63) is 51.7 Å². The second-order valence-corrected chi connectivity index (χ2v) is 9.48. The van der Waals surface area contributed by atoms with E-state index in [9.17, 15) is 4.79 Å². The van der Waals surface area contributed by atoms with Crippen molar-refractivity contribution < 1.29 is 9.53 Å². The first-order valence-electron chi connectivity index (χ1n) is 10.5. The number of nitrogens with zero attached hydrogens (tertiary/aromatic N) is 2. The molecule has 0 amide bonds. The first-order valence-corrected chi connectivity index (χ1v) is 10.9. The van der Waals surface area contributed by atoms with E-state index in [1.165, 1.54) is 0 Å². The van der Waals surface area contributed by atoms with Crippen LogP contribution >= 0.6 is 11.6 Å². The number of benzene rings is 1. The molecule has 1 aromatic carbocycles. The van der Waals surface area contributed by atoms with E-state index in [0.717, 1.165) is 41.6 Å². The number of nitrogens with two attached hydrogens (primary N) is 1. The summed E-state index contributed by atoms with van der Waals surface area (Å²) >= 11 is 6.32. The highest BCUT2D eigenvalue weighted by Crippen LogP contribution is 2.49. The zero-order valence-electron chi connectivity index (χ0n) is 18.0. The number of hydrogen-bond acceptors (Lipinski definition) is 5. The standard InChI is InChI=1S/C24H28ClN3O2/c1-5-30-23(29)18-13(2)27-22-20(19(18)14-7-6-8-15(25)11-14)21(26)16-12-24(3,4)10-9-17(16)28-22/h6-8,11,18-19H,5,9-10,12H2,1-4H3,(H2,26,28). The lowest BCUT2D eigenvalue weighted by molar-refractivity contribution is -0.146. The molecule has 2 N–H and O–H groups in total. The van der Waals surface area contributed by atoms with Gasteiger partial charge < -0.3 is 10.5 Å². The molecular formula is C24H28ClN3O2. The van der Waals surface area contributed by atoms with Gasteiger partial charge in [0.25, 0.3) is 0 Å². The highest BCUT2D eigenvalue weighted by Gasteiger charge is 2.42. The molecule has 1 aliphatic heterocycles.